The SMILES string of the molecule is CCCC(C)OC(=O)CC(O)(CC(=O)OC(C)CCC)C(=O)OC(C)CCC. The Balaban J connectivity index is 5.20. The molecule has 28 heavy (non-hydrogen) atoms. The van der Waals surface area contributed by atoms with Crippen LogP contribution in [0.1, 0.15) is 92.9 Å². The van der Waals surface area contributed by atoms with Crippen molar-refractivity contribution in [1.82, 2.24) is 0 Å². The Bertz CT molecular complexity index is 461. The first-order valence-corrected chi connectivity index (χ1v) is 10.4. The van der Waals surface area contributed by atoms with Crippen LogP contribution in [0.4, 0.5) is 0 Å². The summed E-state index contributed by atoms with van der Waals surface area (Å²) in [7, 11) is 0. The number of hydrogen-bond donors (Lipinski definition) is 1. The van der Waals surface area contributed by atoms with Gasteiger partial charge in [0, 0.05) is 0 Å². The number of ether oxygens (including phenoxy) is 3. The molecule has 0 fully saturated rings. The van der Waals surface area contributed by atoms with Crippen molar-refractivity contribution >= 4 is 17.9 Å². The van der Waals surface area contributed by atoms with Gasteiger partial charge in [0.05, 0.1) is 31.2 Å². The lowest BCUT2D eigenvalue weighted by Gasteiger charge is -2.27. The lowest BCUT2D eigenvalue weighted by atomic mass is 9.95. The molecular weight excluding hydrogens is 364 g/mol. The maximum Gasteiger partial charge on any atom is 0.339 e. The zero-order valence-corrected chi connectivity index (χ0v) is 18.3. The third-order valence-corrected chi connectivity index (χ3v) is 4.31. The number of rotatable bonds is 14. The van der Waals surface area contributed by atoms with Crippen LogP contribution in [-0.2, 0) is 28.6 Å². The van der Waals surface area contributed by atoms with E-state index in [2.05, 4.69) is 0 Å². The van der Waals surface area contributed by atoms with Gasteiger partial charge in [-0.3, -0.25) is 9.59 Å². The van der Waals surface area contributed by atoms with Gasteiger partial charge in [0.25, 0.3) is 0 Å². The second kappa shape index (κ2) is 13.5. The highest BCUT2D eigenvalue weighted by Gasteiger charge is 2.44. The minimum atomic E-state index is -2.31. The van der Waals surface area contributed by atoms with Crippen LogP contribution in [0.25, 0.3) is 0 Å². The number of hydrogen-bond acceptors (Lipinski definition) is 7. The lowest BCUT2D eigenvalue weighted by molar-refractivity contribution is -0.183. The minimum absolute atomic E-state index is 0.340. The summed E-state index contributed by atoms with van der Waals surface area (Å²) in [5.74, 6) is -2.51. The van der Waals surface area contributed by atoms with E-state index in [1.807, 2.05) is 20.8 Å². The molecule has 0 bridgehead atoms. The first-order valence-electron chi connectivity index (χ1n) is 10.4. The summed E-state index contributed by atoms with van der Waals surface area (Å²) >= 11 is 0. The predicted molar refractivity (Wildman–Crippen MR) is 106 cm³/mol. The van der Waals surface area contributed by atoms with Crippen LogP contribution in [0.2, 0.25) is 0 Å². The summed E-state index contributed by atoms with van der Waals surface area (Å²) in [6, 6.07) is 0. The summed E-state index contributed by atoms with van der Waals surface area (Å²) in [5.41, 5.74) is -2.31. The molecule has 0 rings (SSSR count). The molecule has 0 saturated carbocycles. The molecule has 0 amide bonds. The van der Waals surface area contributed by atoms with Gasteiger partial charge >= 0.3 is 17.9 Å². The molecule has 7 heteroatoms. The molecule has 0 spiro atoms. The van der Waals surface area contributed by atoms with Gasteiger partial charge in [-0.25, -0.2) is 4.79 Å². The van der Waals surface area contributed by atoms with Crippen molar-refractivity contribution in [2.75, 3.05) is 0 Å². The Morgan fingerprint density at radius 2 is 1.04 bits per heavy atom. The van der Waals surface area contributed by atoms with Crippen LogP contribution in [0.3, 0.4) is 0 Å². The maximum absolute atomic E-state index is 12.6. The topological polar surface area (TPSA) is 99.1 Å². The van der Waals surface area contributed by atoms with E-state index < -0.39 is 42.5 Å². The quantitative estimate of drug-likeness (QED) is 0.349. The fourth-order valence-electron chi connectivity index (χ4n) is 2.91. The van der Waals surface area contributed by atoms with E-state index in [0.29, 0.717) is 19.3 Å². The van der Waals surface area contributed by atoms with Crippen LogP contribution < -0.4 is 0 Å². The van der Waals surface area contributed by atoms with Gasteiger partial charge in [0.1, 0.15) is 0 Å². The second-order valence-corrected chi connectivity index (χ2v) is 7.57. The molecule has 0 aromatic carbocycles. The Labute approximate surface area is 169 Å². The third-order valence-electron chi connectivity index (χ3n) is 4.31. The number of esters is 3. The zero-order valence-electron chi connectivity index (χ0n) is 18.3. The summed E-state index contributed by atoms with van der Waals surface area (Å²) in [4.78, 5) is 37.0. The number of carbonyl (C=O) groups is 3. The van der Waals surface area contributed by atoms with Crippen LogP contribution >= 0.6 is 0 Å². The van der Waals surface area contributed by atoms with Crippen molar-refractivity contribution in [3.63, 3.8) is 0 Å². The molecule has 0 radical (unpaired) electrons. The van der Waals surface area contributed by atoms with Crippen molar-refractivity contribution < 1.29 is 33.7 Å². The smallest absolute Gasteiger partial charge is 0.339 e. The summed E-state index contributed by atoms with van der Waals surface area (Å²) in [6.45, 7) is 11.0. The fraction of sp³-hybridized carbons (Fsp3) is 0.857. The van der Waals surface area contributed by atoms with Gasteiger partial charge in [-0.2, -0.15) is 0 Å². The summed E-state index contributed by atoms with van der Waals surface area (Å²) < 4.78 is 15.7. The Hall–Kier alpha value is -1.63. The molecule has 0 aliphatic carbocycles. The second-order valence-electron chi connectivity index (χ2n) is 7.57. The highest BCUT2D eigenvalue weighted by Crippen LogP contribution is 2.22. The highest BCUT2D eigenvalue weighted by molar-refractivity contribution is 5.90. The van der Waals surface area contributed by atoms with Gasteiger partial charge < -0.3 is 19.3 Å². The molecule has 0 heterocycles. The molecule has 164 valence electrons. The van der Waals surface area contributed by atoms with Crippen LogP contribution in [0.15, 0.2) is 0 Å². The summed E-state index contributed by atoms with van der Waals surface area (Å²) in [6.07, 6.45) is 1.96. The number of carbonyl (C=O) groups excluding carboxylic acids is 3. The normalized spacial score (nSPS) is 16.4. The first-order chi connectivity index (χ1) is 13.1. The van der Waals surface area contributed by atoms with E-state index in [9.17, 15) is 19.5 Å². The van der Waals surface area contributed by atoms with Crippen LogP contribution in [0, 0.1) is 0 Å². The largest absolute Gasteiger partial charge is 0.463 e. The van der Waals surface area contributed by atoms with Crippen molar-refractivity contribution in [3.05, 3.63) is 0 Å². The Morgan fingerprint density at radius 3 is 1.36 bits per heavy atom. The molecule has 0 saturated heterocycles. The molecule has 3 atom stereocenters. The van der Waals surface area contributed by atoms with E-state index in [-0.39, 0.29) is 12.2 Å². The van der Waals surface area contributed by atoms with Gasteiger partial charge in [-0.05, 0) is 40.0 Å². The Morgan fingerprint density at radius 1 is 0.714 bits per heavy atom. The highest BCUT2D eigenvalue weighted by atomic mass is 16.6. The van der Waals surface area contributed by atoms with Gasteiger partial charge in [0.15, 0.2) is 5.60 Å². The van der Waals surface area contributed by atoms with Crippen molar-refractivity contribution in [2.45, 2.75) is 117 Å². The average molecular weight is 403 g/mol. The van der Waals surface area contributed by atoms with E-state index in [1.165, 1.54) is 0 Å². The number of aliphatic hydroxyl groups is 1. The molecule has 0 aliphatic rings. The molecule has 0 aromatic heterocycles. The molecule has 3 unspecified atom stereocenters. The van der Waals surface area contributed by atoms with Crippen molar-refractivity contribution in [2.24, 2.45) is 0 Å². The Kier molecular flexibility index (Phi) is 12.7. The van der Waals surface area contributed by atoms with Crippen molar-refractivity contribution in [3.8, 4) is 0 Å². The third kappa shape index (κ3) is 10.6. The van der Waals surface area contributed by atoms with E-state index in [4.69, 9.17) is 14.2 Å². The fourth-order valence-corrected chi connectivity index (χ4v) is 2.91. The molecule has 0 aliphatic heterocycles. The van der Waals surface area contributed by atoms with Gasteiger partial charge in [0.2, 0.25) is 0 Å². The monoisotopic (exact) mass is 402 g/mol. The molecule has 0 aromatic rings. The van der Waals surface area contributed by atoms with E-state index in [1.54, 1.807) is 20.8 Å². The molecular formula is C21H38O7. The van der Waals surface area contributed by atoms with Crippen LogP contribution in [-0.4, -0.2) is 46.9 Å². The maximum atomic E-state index is 12.6. The van der Waals surface area contributed by atoms with Crippen molar-refractivity contribution in [1.29, 1.82) is 0 Å². The van der Waals surface area contributed by atoms with Gasteiger partial charge in [-0.1, -0.05) is 40.0 Å². The predicted octanol–water partition coefficient (Wildman–Crippen LogP) is 3.69. The van der Waals surface area contributed by atoms with E-state index >= 15 is 0 Å². The summed E-state index contributed by atoms with van der Waals surface area (Å²) in [5, 5.41) is 10.8. The zero-order chi connectivity index (χ0) is 21.7. The van der Waals surface area contributed by atoms with Crippen LogP contribution in [0.5, 0.6) is 0 Å². The molecule has 1 N–H and O–H groups in total. The first kappa shape index (κ1) is 26.4. The minimum Gasteiger partial charge on any atom is -0.463 e. The van der Waals surface area contributed by atoms with Gasteiger partial charge in [-0.15, -0.1) is 0 Å². The standard InChI is InChI=1S/C21H38O7/c1-7-10-15(4)26-18(22)13-21(25,20(24)28-17(6)12-9-3)14-19(23)27-16(5)11-8-2/h15-17,25H,7-14H2,1-6H3. The van der Waals surface area contributed by atoms with E-state index in [0.717, 1.165) is 19.3 Å². The average Bonchev–Trinajstić information content (AvgIpc) is 2.54. The molecule has 7 nitrogen and oxygen atoms in total. The lowest BCUT2D eigenvalue weighted by Crippen LogP contribution is -2.46.